The van der Waals surface area contributed by atoms with E-state index < -0.39 is 17.6 Å². The standard InChI is InChI=1S/C9H11F3N2O/c1-8(2,3)15-6-4-5-13-7(14-6)9(10,11)12/h4-5H,1-3H3. The van der Waals surface area contributed by atoms with Crippen LogP contribution in [0.15, 0.2) is 12.3 Å². The molecule has 1 aromatic rings. The molecule has 0 bridgehead atoms. The number of nitrogens with zero attached hydrogens (tertiary/aromatic N) is 2. The molecule has 1 rings (SSSR count). The number of rotatable bonds is 1. The van der Waals surface area contributed by atoms with E-state index in [1.807, 2.05) is 0 Å². The average molecular weight is 220 g/mol. The highest BCUT2D eigenvalue weighted by atomic mass is 19.4. The van der Waals surface area contributed by atoms with Crippen LogP contribution in [0, 0.1) is 0 Å². The van der Waals surface area contributed by atoms with E-state index in [4.69, 9.17) is 4.74 Å². The van der Waals surface area contributed by atoms with Crippen LogP contribution in [0.1, 0.15) is 26.6 Å². The van der Waals surface area contributed by atoms with Crippen molar-refractivity contribution >= 4 is 0 Å². The lowest BCUT2D eigenvalue weighted by Gasteiger charge is -2.20. The number of aromatic nitrogens is 2. The first-order valence-corrected chi connectivity index (χ1v) is 4.28. The molecular weight excluding hydrogens is 209 g/mol. The Hall–Kier alpha value is -1.33. The predicted molar refractivity (Wildman–Crippen MR) is 47.4 cm³/mol. The first-order valence-electron chi connectivity index (χ1n) is 4.28. The van der Waals surface area contributed by atoms with Gasteiger partial charge in [0.15, 0.2) is 0 Å². The molecule has 0 unspecified atom stereocenters. The van der Waals surface area contributed by atoms with E-state index in [0.29, 0.717) is 0 Å². The zero-order chi connectivity index (χ0) is 11.7. The summed E-state index contributed by atoms with van der Waals surface area (Å²) in [5, 5.41) is 0. The Morgan fingerprint density at radius 3 is 2.27 bits per heavy atom. The Morgan fingerprint density at radius 2 is 1.80 bits per heavy atom. The van der Waals surface area contributed by atoms with Crippen molar-refractivity contribution in [3.63, 3.8) is 0 Å². The van der Waals surface area contributed by atoms with Crippen molar-refractivity contribution in [3.8, 4) is 5.88 Å². The molecule has 0 saturated carbocycles. The normalized spacial score (nSPS) is 12.7. The summed E-state index contributed by atoms with van der Waals surface area (Å²) >= 11 is 0. The second kappa shape index (κ2) is 3.67. The summed E-state index contributed by atoms with van der Waals surface area (Å²) in [6.45, 7) is 5.17. The fourth-order valence-electron chi connectivity index (χ4n) is 0.849. The third kappa shape index (κ3) is 3.73. The first-order chi connectivity index (χ1) is 6.68. The van der Waals surface area contributed by atoms with Crippen LogP contribution < -0.4 is 4.74 Å². The van der Waals surface area contributed by atoms with E-state index in [1.54, 1.807) is 20.8 Å². The Labute approximate surface area is 85.3 Å². The van der Waals surface area contributed by atoms with Gasteiger partial charge in [0.25, 0.3) is 0 Å². The molecule has 6 heteroatoms. The summed E-state index contributed by atoms with van der Waals surface area (Å²) in [6, 6.07) is 1.29. The lowest BCUT2D eigenvalue weighted by Crippen LogP contribution is -2.24. The molecule has 0 aliphatic carbocycles. The monoisotopic (exact) mass is 220 g/mol. The van der Waals surface area contributed by atoms with Crippen LogP contribution in [0.2, 0.25) is 0 Å². The van der Waals surface area contributed by atoms with Crippen molar-refractivity contribution in [1.29, 1.82) is 0 Å². The third-order valence-corrected chi connectivity index (χ3v) is 1.29. The predicted octanol–water partition coefficient (Wildman–Crippen LogP) is 2.67. The fourth-order valence-corrected chi connectivity index (χ4v) is 0.849. The zero-order valence-corrected chi connectivity index (χ0v) is 8.59. The fraction of sp³-hybridized carbons (Fsp3) is 0.556. The van der Waals surface area contributed by atoms with E-state index in [0.717, 1.165) is 6.20 Å². The molecule has 0 aliphatic rings. The van der Waals surface area contributed by atoms with Crippen molar-refractivity contribution < 1.29 is 17.9 Å². The molecule has 1 heterocycles. The van der Waals surface area contributed by atoms with Gasteiger partial charge < -0.3 is 4.74 Å². The second-order valence-electron chi connectivity index (χ2n) is 3.93. The maximum absolute atomic E-state index is 12.2. The van der Waals surface area contributed by atoms with Gasteiger partial charge in [-0.1, -0.05) is 0 Å². The molecule has 0 radical (unpaired) electrons. The summed E-state index contributed by atoms with van der Waals surface area (Å²) in [6.07, 6.45) is -3.52. The van der Waals surface area contributed by atoms with Gasteiger partial charge in [0.2, 0.25) is 11.7 Å². The lowest BCUT2D eigenvalue weighted by atomic mass is 10.2. The number of hydrogen-bond acceptors (Lipinski definition) is 3. The van der Waals surface area contributed by atoms with Crippen LogP contribution in [0.3, 0.4) is 0 Å². The van der Waals surface area contributed by atoms with Gasteiger partial charge >= 0.3 is 6.18 Å². The second-order valence-corrected chi connectivity index (χ2v) is 3.93. The van der Waals surface area contributed by atoms with E-state index in [9.17, 15) is 13.2 Å². The summed E-state index contributed by atoms with van der Waals surface area (Å²) in [7, 11) is 0. The van der Waals surface area contributed by atoms with Crippen molar-refractivity contribution in [1.82, 2.24) is 9.97 Å². The maximum Gasteiger partial charge on any atom is 0.451 e. The molecule has 15 heavy (non-hydrogen) atoms. The van der Waals surface area contributed by atoms with Crippen molar-refractivity contribution in [2.24, 2.45) is 0 Å². The molecule has 0 spiro atoms. The third-order valence-electron chi connectivity index (χ3n) is 1.29. The van der Waals surface area contributed by atoms with Crippen molar-refractivity contribution in [3.05, 3.63) is 18.1 Å². The number of hydrogen-bond donors (Lipinski definition) is 0. The molecule has 0 aliphatic heterocycles. The van der Waals surface area contributed by atoms with Crippen LogP contribution >= 0.6 is 0 Å². The highest BCUT2D eigenvalue weighted by Gasteiger charge is 2.35. The van der Waals surface area contributed by atoms with E-state index in [-0.39, 0.29) is 5.88 Å². The Balaban J connectivity index is 2.94. The quantitative estimate of drug-likeness (QED) is 0.729. The topological polar surface area (TPSA) is 35.0 Å². The Bertz CT molecular complexity index is 344. The van der Waals surface area contributed by atoms with Crippen LogP contribution in [0.4, 0.5) is 13.2 Å². The van der Waals surface area contributed by atoms with Gasteiger partial charge in [0.05, 0.1) is 0 Å². The molecule has 84 valence electrons. The average Bonchev–Trinajstić information content (AvgIpc) is 1.99. The summed E-state index contributed by atoms with van der Waals surface area (Å²) in [5.41, 5.74) is -0.586. The van der Waals surface area contributed by atoms with Crippen molar-refractivity contribution in [2.75, 3.05) is 0 Å². The highest BCUT2D eigenvalue weighted by molar-refractivity contribution is 5.10. The van der Waals surface area contributed by atoms with E-state index in [2.05, 4.69) is 9.97 Å². The van der Waals surface area contributed by atoms with Gasteiger partial charge in [-0.3, -0.25) is 0 Å². The Kier molecular flexibility index (Phi) is 2.88. The molecular formula is C9H11F3N2O. The van der Waals surface area contributed by atoms with Crippen LogP contribution in [-0.2, 0) is 6.18 Å². The van der Waals surface area contributed by atoms with E-state index in [1.165, 1.54) is 6.07 Å². The number of ether oxygens (including phenoxy) is 1. The lowest BCUT2D eigenvalue weighted by molar-refractivity contribution is -0.145. The molecule has 0 N–H and O–H groups in total. The number of alkyl halides is 3. The molecule has 0 atom stereocenters. The summed E-state index contributed by atoms with van der Waals surface area (Å²) in [4.78, 5) is 6.40. The maximum atomic E-state index is 12.2. The van der Waals surface area contributed by atoms with Gasteiger partial charge in [-0.05, 0) is 20.8 Å². The molecule has 0 amide bonds. The summed E-state index contributed by atoms with van der Waals surface area (Å²) < 4.78 is 41.8. The zero-order valence-electron chi connectivity index (χ0n) is 8.59. The number of halogens is 3. The van der Waals surface area contributed by atoms with Crippen LogP contribution in [-0.4, -0.2) is 15.6 Å². The molecule has 3 nitrogen and oxygen atoms in total. The minimum absolute atomic E-state index is 0.0789. The SMILES string of the molecule is CC(C)(C)Oc1ccnc(C(F)(F)F)n1. The van der Waals surface area contributed by atoms with Gasteiger partial charge in [-0.25, -0.2) is 4.98 Å². The molecule has 0 fully saturated rings. The first kappa shape index (κ1) is 11.7. The van der Waals surface area contributed by atoms with Gasteiger partial charge in [-0.15, -0.1) is 0 Å². The van der Waals surface area contributed by atoms with Crippen LogP contribution in [0.5, 0.6) is 5.88 Å². The summed E-state index contributed by atoms with van der Waals surface area (Å²) in [5.74, 6) is -1.27. The molecule has 0 aromatic carbocycles. The molecule has 0 saturated heterocycles. The minimum atomic E-state index is -4.54. The van der Waals surface area contributed by atoms with Crippen molar-refractivity contribution in [2.45, 2.75) is 32.5 Å². The molecule has 1 aromatic heterocycles. The van der Waals surface area contributed by atoms with Gasteiger partial charge in [0, 0.05) is 12.3 Å². The smallest absolute Gasteiger partial charge is 0.451 e. The van der Waals surface area contributed by atoms with E-state index >= 15 is 0 Å². The minimum Gasteiger partial charge on any atom is -0.472 e. The largest absolute Gasteiger partial charge is 0.472 e. The van der Waals surface area contributed by atoms with Gasteiger partial charge in [0.1, 0.15) is 5.60 Å². The highest BCUT2D eigenvalue weighted by Crippen LogP contribution is 2.27. The Morgan fingerprint density at radius 1 is 1.20 bits per heavy atom. The van der Waals surface area contributed by atoms with Gasteiger partial charge in [-0.2, -0.15) is 18.2 Å². The van der Waals surface area contributed by atoms with Crippen LogP contribution in [0.25, 0.3) is 0 Å².